The molecular formula is C21H22BrN5. The number of aromatic nitrogens is 1. The number of hydrazone groups is 1. The lowest BCUT2D eigenvalue weighted by molar-refractivity contribution is 0.636. The first-order chi connectivity index (χ1) is 13.3. The Morgan fingerprint density at radius 3 is 3.11 bits per heavy atom. The van der Waals surface area contributed by atoms with Crippen LogP contribution in [0.1, 0.15) is 42.0 Å². The molecule has 1 fully saturated rings. The van der Waals surface area contributed by atoms with E-state index in [0.29, 0.717) is 0 Å². The number of amidine groups is 1. The van der Waals surface area contributed by atoms with E-state index in [1.54, 1.807) is 0 Å². The molecule has 1 aromatic carbocycles. The van der Waals surface area contributed by atoms with Gasteiger partial charge in [0.1, 0.15) is 12.5 Å². The van der Waals surface area contributed by atoms with Crippen LogP contribution in [0.15, 0.2) is 40.0 Å². The second-order valence-electron chi connectivity index (χ2n) is 7.91. The number of benzene rings is 1. The van der Waals surface area contributed by atoms with Gasteiger partial charge in [-0.1, -0.05) is 24.3 Å². The Balaban J connectivity index is 1.54. The minimum Gasteiger partial charge on any atom is -0.316 e. The van der Waals surface area contributed by atoms with Crippen molar-refractivity contribution in [2.45, 2.75) is 31.7 Å². The first kappa shape index (κ1) is 16.0. The van der Waals surface area contributed by atoms with E-state index in [4.69, 9.17) is 0 Å². The van der Waals surface area contributed by atoms with Crippen LogP contribution in [0, 0.1) is 5.92 Å². The van der Waals surface area contributed by atoms with E-state index in [-0.39, 0.29) is 5.92 Å². The van der Waals surface area contributed by atoms with Crippen molar-refractivity contribution in [3.63, 3.8) is 0 Å². The van der Waals surface area contributed by atoms with Crippen LogP contribution in [-0.4, -0.2) is 23.6 Å². The van der Waals surface area contributed by atoms with Gasteiger partial charge in [0.15, 0.2) is 0 Å². The van der Waals surface area contributed by atoms with E-state index in [2.05, 4.69) is 77.8 Å². The third-order valence-electron chi connectivity index (χ3n) is 6.11. The number of hydrogen-bond acceptors (Lipinski definition) is 4. The molecular weight excluding hydrogens is 402 g/mol. The van der Waals surface area contributed by atoms with E-state index >= 15 is 0 Å². The highest BCUT2D eigenvalue weighted by Gasteiger charge is 2.38. The fraction of sp³-hybridized carbons (Fsp3) is 0.381. The molecule has 6 rings (SSSR count). The fourth-order valence-corrected chi connectivity index (χ4v) is 5.16. The van der Waals surface area contributed by atoms with Crippen LogP contribution in [0.25, 0.3) is 11.8 Å². The van der Waals surface area contributed by atoms with Crippen molar-refractivity contribution in [2.75, 3.05) is 18.1 Å². The lowest BCUT2D eigenvalue weighted by atomic mass is 9.91. The van der Waals surface area contributed by atoms with Crippen molar-refractivity contribution in [3.05, 3.63) is 51.8 Å². The molecule has 1 saturated carbocycles. The summed E-state index contributed by atoms with van der Waals surface area (Å²) in [6.07, 6.45) is 10.5. The first-order valence-electron chi connectivity index (χ1n) is 9.79. The molecule has 138 valence electrons. The van der Waals surface area contributed by atoms with Gasteiger partial charge in [0, 0.05) is 28.5 Å². The van der Waals surface area contributed by atoms with Crippen molar-refractivity contribution in [1.29, 1.82) is 0 Å². The summed E-state index contributed by atoms with van der Waals surface area (Å²) < 4.78 is 3.57. The molecule has 3 heterocycles. The summed E-state index contributed by atoms with van der Waals surface area (Å²) in [5, 5.41) is 8.37. The second kappa shape index (κ2) is 5.97. The fourth-order valence-electron chi connectivity index (χ4n) is 4.62. The molecule has 2 aliphatic carbocycles. The molecule has 5 nitrogen and oxygen atoms in total. The number of para-hydroxylation sites is 1. The van der Waals surface area contributed by atoms with Crippen molar-refractivity contribution in [3.8, 4) is 5.69 Å². The third kappa shape index (κ3) is 2.43. The SMILES string of the molecule is Brc1cn2c3c1C=CCC3C1=NNCN1c1cccc(CNCC3CC3)c1-2. The maximum Gasteiger partial charge on any atom is 0.140 e. The minimum atomic E-state index is 0.283. The highest BCUT2D eigenvalue weighted by atomic mass is 79.9. The van der Waals surface area contributed by atoms with Gasteiger partial charge >= 0.3 is 0 Å². The quantitative estimate of drug-likeness (QED) is 0.782. The minimum absolute atomic E-state index is 0.283. The van der Waals surface area contributed by atoms with Gasteiger partial charge < -0.3 is 14.8 Å². The van der Waals surface area contributed by atoms with E-state index < -0.39 is 0 Å². The van der Waals surface area contributed by atoms with Gasteiger partial charge in [-0.2, -0.15) is 5.10 Å². The molecule has 0 radical (unpaired) electrons. The Morgan fingerprint density at radius 1 is 1.30 bits per heavy atom. The maximum atomic E-state index is 4.69. The van der Waals surface area contributed by atoms with Crippen LogP contribution in [0.5, 0.6) is 0 Å². The summed E-state index contributed by atoms with van der Waals surface area (Å²) in [6.45, 7) is 2.77. The van der Waals surface area contributed by atoms with Crippen LogP contribution in [0.3, 0.4) is 0 Å². The monoisotopic (exact) mass is 423 g/mol. The van der Waals surface area contributed by atoms with E-state index in [1.165, 1.54) is 41.0 Å². The van der Waals surface area contributed by atoms with Crippen molar-refractivity contribution in [1.82, 2.24) is 15.3 Å². The zero-order valence-corrected chi connectivity index (χ0v) is 16.7. The molecule has 0 bridgehead atoms. The summed E-state index contributed by atoms with van der Waals surface area (Å²) in [4.78, 5) is 2.36. The molecule has 0 amide bonds. The largest absolute Gasteiger partial charge is 0.316 e. The molecule has 2 aliphatic heterocycles. The van der Waals surface area contributed by atoms with Crippen LogP contribution < -0.4 is 15.6 Å². The third-order valence-corrected chi connectivity index (χ3v) is 6.74. The van der Waals surface area contributed by atoms with Crippen molar-refractivity contribution < 1.29 is 0 Å². The van der Waals surface area contributed by atoms with Gasteiger partial charge in [0.25, 0.3) is 0 Å². The predicted molar refractivity (Wildman–Crippen MR) is 112 cm³/mol. The van der Waals surface area contributed by atoms with E-state index in [9.17, 15) is 0 Å². The Hall–Kier alpha value is -2.05. The normalized spacial score (nSPS) is 21.9. The Kier molecular flexibility index (Phi) is 3.53. The molecule has 0 saturated heterocycles. The van der Waals surface area contributed by atoms with E-state index in [1.807, 2.05) is 0 Å². The van der Waals surface area contributed by atoms with Gasteiger partial charge in [-0.15, -0.1) is 0 Å². The van der Waals surface area contributed by atoms with Crippen molar-refractivity contribution >= 4 is 33.5 Å². The van der Waals surface area contributed by atoms with Crippen LogP contribution >= 0.6 is 15.9 Å². The van der Waals surface area contributed by atoms with Crippen LogP contribution in [0.4, 0.5) is 5.69 Å². The average molecular weight is 424 g/mol. The average Bonchev–Trinajstić information content (AvgIpc) is 3.30. The highest BCUT2D eigenvalue weighted by molar-refractivity contribution is 9.10. The summed E-state index contributed by atoms with van der Waals surface area (Å²) in [7, 11) is 0. The number of hydrogen-bond donors (Lipinski definition) is 2. The molecule has 6 heteroatoms. The standard InChI is InChI=1S/C21H22BrN5/c22-17-11-26-19-14(10-23-9-13-7-8-13)3-1-6-18(19)27-12-24-25-21(27)16-5-2-4-15(17)20(16)26/h1-4,6,11,13,16,23-24H,5,7-10,12H2. The first-order valence-corrected chi connectivity index (χ1v) is 10.6. The Bertz CT molecular complexity index is 985. The number of nitrogens with zero attached hydrogens (tertiary/aromatic N) is 3. The molecule has 1 unspecified atom stereocenters. The smallest absolute Gasteiger partial charge is 0.140 e. The van der Waals surface area contributed by atoms with Crippen LogP contribution in [0.2, 0.25) is 0 Å². The molecule has 2 N–H and O–H groups in total. The number of nitrogens with one attached hydrogen (secondary N) is 2. The maximum absolute atomic E-state index is 4.69. The lowest BCUT2D eigenvalue weighted by Gasteiger charge is -2.24. The Labute approximate surface area is 167 Å². The summed E-state index contributed by atoms with van der Waals surface area (Å²) in [6, 6.07) is 6.67. The molecule has 1 atom stereocenters. The summed E-state index contributed by atoms with van der Waals surface area (Å²) in [5.41, 5.74) is 9.73. The molecule has 4 aliphatic rings. The van der Waals surface area contributed by atoms with Gasteiger partial charge in [0.2, 0.25) is 0 Å². The zero-order chi connectivity index (χ0) is 18.0. The van der Waals surface area contributed by atoms with Gasteiger partial charge in [0.05, 0.1) is 17.3 Å². The summed E-state index contributed by atoms with van der Waals surface area (Å²) >= 11 is 3.80. The van der Waals surface area contributed by atoms with E-state index in [0.717, 1.165) is 42.4 Å². The van der Waals surface area contributed by atoms with Crippen LogP contribution in [-0.2, 0) is 6.54 Å². The van der Waals surface area contributed by atoms with Gasteiger partial charge in [-0.25, -0.2) is 0 Å². The topological polar surface area (TPSA) is 44.6 Å². The van der Waals surface area contributed by atoms with Gasteiger partial charge in [-0.05, 0) is 59.3 Å². The van der Waals surface area contributed by atoms with Gasteiger partial charge in [-0.3, -0.25) is 5.43 Å². The number of halogens is 1. The Morgan fingerprint density at radius 2 is 2.22 bits per heavy atom. The predicted octanol–water partition coefficient (Wildman–Crippen LogP) is 3.93. The van der Waals surface area contributed by atoms with Crippen molar-refractivity contribution in [2.24, 2.45) is 11.0 Å². The summed E-state index contributed by atoms with van der Waals surface area (Å²) in [5.74, 6) is 2.30. The number of allylic oxidation sites excluding steroid dienone is 1. The molecule has 27 heavy (non-hydrogen) atoms. The lowest BCUT2D eigenvalue weighted by Crippen LogP contribution is -2.32. The second-order valence-corrected chi connectivity index (χ2v) is 8.76. The number of rotatable bonds is 4. The molecule has 0 spiro atoms. The molecule has 1 aromatic heterocycles. The highest BCUT2D eigenvalue weighted by Crippen LogP contribution is 2.45. The number of anilines is 1. The number of fused-ring (bicyclic) bond motifs is 5. The zero-order valence-electron chi connectivity index (χ0n) is 15.1. The molecule has 2 aromatic rings.